The summed E-state index contributed by atoms with van der Waals surface area (Å²) < 4.78 is 0. The highest BCUT2D eigenvalue weighted by molar-refractivity contribution is 4.53. The molecule has 0 aromatic carbocycles. The molecule has 0 spiro atoms. The number of hydrogen-bond acceptors (Lipinski definition) is 2. The Bertz CT molecular complexity index is 35.3. The van der Waals surface area contributed by atoms with Gasteiger partial charge in [0.25, 0.3) is 0 Å². The first-order valence-corrected chi connectivity index (χ1v) is 2.32. The molecule has 0 saturated carbocycles. The number of rotatable bonds is 2. The molecular weight excluding hydrogens is 92.1 g/mol. The lowest BCUT2D eigenvalue weighted by Crippen LogP contribution is -2.07. The molecule has 0 rings (SSSR count). The standard InChI is InChI=1S/C5H11O2/c1-4(2)3-5(6)7/h4-7H,1,3H2,2H3. The van der Waals surface area contributed by atoms with Crippen LogP contribution in [-0.2, 0) is 0 Å². The molecule has 2 N–H and O–H groups in total. The average molecular weight is 103 g/mol. The van der Waals surface area contributed by atoms with E-state index in [4.69, 9.17) is 10.2 Å². The lowest BCUT2D eigenvalue weighted by Gasteiger charge is -2.03. The summed E-state index contributed by atoms with van der Waals surface area (Å²) in [6.45, 7) is 5.39. The first kappa shape index (κ1) is 6.92. The molecule has 0 aliphatic heterocycles. The van der Waals surface area contributed by atoms with Gasteiger partial charge in [-0.25, -0.2) is 0 Å². The van der Waals surface area contributed by atoms with Crippen molar-refractivity contribution in [1.82, 2.24) is 0 Å². The second kappa shape index (κ2) is 2.99. The predicted octanol–water partition coefficient (Wildman–Crippen LogP) is 0.157. The molecule has 0 aromatic rings. The van der Waals surface area contributed by atoms with Gasteiger partial charge in [-0.1, -0.05) is 13.8 Å². The van der Waals surface area contributed by atoms with E-state index in [0.29, 0.717) is 6.42 Å². The maximum absolute atomic E-state index is 8.24. The molecule has 2 nitrogen and oxygen atoms in total. The fraction of sp³-hybridized carbons (Fsp3) is 0.800. The van der Waals surface area contributed by atoms with Gasteiger partial charge < -0.3 is 10.2 Å². The van der Waals surface area contributed by atoms with Gasteiger partial charge in [-0.05, 0) is 5.92 Å². The molecule has 1 atom stereocenters. The minimum atomic E-state index is -1.19. The van der Waals surface area contributed by atoms with Gasteiger partial charge in [0.1, 0.15) is 0 Å². The van der Waals surface area contributed by atoms with Crippen molar-refractivity contribution in [2.45, 2.75) is 19.6 Å². The van der Waals surface area contributed by atoms with Crippen LogP contribution in [0.25, 0.3) is 0 Å². The predicted molar refractivity (Wildman–Crippen MR) is 27.4 cm³/mol. The molecule has 0 amide bonds. The van der Waals surface area contributed by atoms with Gasteiger partial charge in [-0.15, -0.1) is 0 Å². The van der Waals surface area contributed by atoms with E-state index in [-0.39, 0.29) is 5.92 Å². The largest absolute Gasteiger partial charge is 0.368 e. The molecule has 1 unspecified atom stereocenters. The monoisotopic (exact) mass is 103 g/mol. The molecule has 0 aliphatic rings. The number of hydrogen-bond donors (Lipinski definition) is 2. The Hall–Kier alpha value is -0.0800. The summed E-state index contributed by atoms with van der Waals surface area (Å²) in [7, 11) is 0. The highest BCUT2D eigenvalue weighted by Gasteiger charge is 1.99. The first-order valence-electron chi connectivity index (χ1n) is 2.32. The topological polar surface area (TPSA) is 40.5 Å². The van der Waals surface area contributed by atoms with Crippen molar-refractivity contribution in [3.8, 4) is 0 Å². The van der Waals surface area contributed by atoms with Crippen LogP contribution in [0.2, 0.25) is 0 Å². The van der Waals surface area contributed by atoms with Gasteiger partial charge in [0.05, 0.1) is 0 Å². The molecule has 0 fully saturated rings. The van der Waals surface area contributed by atoms with Crippen LogP contribution in [0.3, 0.4) is 0 Å². The molecule has 1 radical (unpaired) electrons. The van der Waals surface area contributed by atoms with Gasteiger partial charge in [-0.3, -0.25) is 0 Å². The van der Waals surface area contributed by atoms with Gasteiger partial charge in [-0.2, -0.15) is 0 Å². The molecule has 7 heavy (non-hydrogen) atoms. The van der Waals surface area contributed by atoms with Crippen molar-refractivity contribution < 1.29 is 10.2 Å². The lowest BCUT2D eigenvalue weighted by molar-refractivity contribution is -0.0512. The van der Waals surface area contributed by atoms with Crippen molar-refractivity contribution in [3.05, 3.63) is 6.92 Å². The molecule has 43 valence electrons. The van der Waals surface area contributed by atoms with Crippen molar-refractivity contribution in [2.75, 3.05) is 0 Å². The zero-order valence-electron chi connectivity index (χ0n) is 4.46. The average Bonchev–Trinajstić information content (AvgIpc) is 1.27. The highest BCUT2D eigenvalue weighted by atomic mass is 16.5. The number of aliphatic hydroxyl groups excluding tert-OH is 1. The molecular formula is C5H11O2. The van der Waals surface area contributed by atoms with Crippen LogP contribution in [-0.4, -0.2) is 16.5 Å². The van der Waals surface area contributed by atoms with Crippen LogP contribution in [0, 0.1) is 12.8 Å². The van der Waals surface area contributed by atoms with Crippen molar-refractivity contribution in [2.24, 2.45) is 5.92 Å². The van der Waals surface area contributed by atoms with Crippen LogP contribution in [0.15, 0.2) is 0 Å². The Morgan fingerprint density at radius 3 is 2.00 bits per heavy atom. The second-order valence-electron chi connectivity index (χ2n) is 1.82. The van der Waals surface area contributed by atoms with Crippen LogP contribution in [0.4, 0.5) is 0 Å². The smallest absolute Gasteiger partial charge is 0.151 e. The molecule has 0 aliphatic carbocycles. The van der Waals surface area contributed by atoms with Crippen molar-refractivity contribution in [3.63, 3.8) is 0 Å². The first-order chi connectivity index (χ1) is 3.13. The summed E-state index contributed by atoms with van der Waals surface area (Å²) in [4.78, 5) is 0. The molecule has 0 aromatic heterocycles. The second-order valence-corrected chi connectivity index (χ2v) is 1.82. The summed E-state index contributed by atoms with van der Waals surface area (Å²) in [5.41, 5.74) is 0. The quantitative estimate of drug-likeness (QED) is 0.489. The van der Waals surface area contributed by atoms with Crippen LogP contribution >= 0.6 is 0 Å². The molecule has 0 heterocycles. The van der Waals surface area contributed by atoms with Crippen LogP contribution < -0.4 is 0 Å². The van der Waals surface area contributed by atoms with Crippen molar-refractivity contribution >= 4 is 0 Å². The summed E-state index contributed by atoms with van der Waals surface area (Å²) in [5.74, 6) is 0.125. The fourth-order valence-corrected chi connectivity index (χ4v) is 0.360. The fourth-order valence-electron chi connectivity index (χ4n) is 0.360. The van der Waals surface area contributed by atoms with Crippen LogP contribution in [0.1, 0.15) is 13.3 Å². The van der Waals surface area contributed by atoms with E-state index in [9.17, 15) is 0 Å². The third-order valence-corrected chi connectivity index (χ3v) is 0.613. The minimum Gasteiger partial charge on any atom is -0.368 e. The third-order valence-electron chi connectivity index (χ3n) is 0.613. The zero-order valence-corrected chi connectivity index (χ0v) is 4.46. The SMILES string of the molecule is [CH2]C(C)CC(O)O. The highest BCUT2D eigenvalue weighted by Crippen LogP contribution is 1.99. The molecule has 2 heteroatoms. The van der Waals surface area contributed by atoms with E-state index >= 15 is 0 Å². The van der Waals surface area contributed by atoms with Crippen molar-refractivity contribution in [1.29, 1.82) is 0 Å². The molecule has 0 bridgehead atoms. The maximum atomic E-state index is 8.24. The van der Waals surface area contributed by atoms with E-state index in [0.717, 1.165) is 0 Å². The van der Waals surface area contributed by atoms with Gasteiger partial charge in [0.15, 0.2) is 6.29 Å². The lowest BCUT2D eigenvalue weighted by atomic mass is 10.1. The van der Waals surface area contributed by atoms with E-state index in [1.165, 1.54) is 0 Å². The molecule has 0 saturated heterocycles. The van der Waals surface area contributed by atoms with E-state index in [1.54, 1.807) is 0 Å². The van der Waals surface area contributed by atoms with E-state index in [2.05, 4.69) is 6.92 Å². The normalized spacial score (nSPS) is 11.1. The zero-order chi connectivity index (χ0) is 5.86. The third kappa shape index (κ3) is 5.92. The van der Waals surface area contributed by atoms with Crippen LogP contribution in [0.5, 0.6) is 0 Å². The Morgan fingerprint density at radius 1 is 1.57 bits per heavy atom. The van der Waals surface area contributed by atoms with Gasteiger partial charge in [0.2, 0.25) is 0 Å². The van der Waals surface area contributed by atoms with E-state index < -0.39 is 6.29 Å². The minimum absolute atomic E-state index is 0.125. The van der Waals surface area contributed by atoms with Gasteiger partial charge in [0, 0.05) is 6.42 Å². The Kier molecular flexibility index (Phi) is 2.96. The van der Waals surface area contributed by atoms with E-state index in [1.807, 2.05) is 6.92 Å². The maximum Gasteiger partial charge on any atom is 0.151 e. The summed E-state index contributed by atoms with van der Waals surface area (Å²) in [6.07, 6.45) is -0.826. The Morgan fingerprint density at radius 2 is 2.00 bits per heavy atom. The summed E-state index contributed by atoms with van der Waals surface area (Å²) in [6, 6.07) is 0. The summed E-state index contributed by atoms with van der Waals surface area (Å²) >= 11 is 0. The Balaban J connectivity index is 2.95. The van der Waals surface area contributed by atoms with Gasteiger partial charge >= 0.3 is 0 Å². The number of aliphatic hydroxyl groups is 2. The summed E-state index contributed by atoms with van der Waals surface area (Å²) in [5, 5.41) is 16.5. The Labute approximate surface area is 43.8 Å².